The molecule has 0 unspecified atom stereocenters. The lowest BCUT2D eigenvalue weighted by molar-refractivity contribution is -0.115. The Morgan fingerprint density at radius 2 is 1.67 bits per heavy atom. The maximum atomic E-state index is 12.4. The monoisotopic (exact) mass is 353 g/mol. The summed E-state index contributed by atoms with van der Waals surface area (Å²) in [7, 11) is -1.13. The molecule has 1 aliphatic heterocycles. The molecule has 1 saturated heterocycles. The van der Waals surface area contributed by atoms with Crippen LogP contribution in [0.25, 0.3) is 0 Å². The standard InChI is InChI=1S/C16H23N3O4S/c1-18-8-10-19(11-9-18)16(21)13-3-5-14(6-4-13)17-15(20)7-12-24(2,22)23/h3-6H,7-12H2,1-2H3,(H,17,20). The number of sulfone groups is 1. The third kappa shape index (κ3) is 5.61. The molecule has 0 radical (unpaired) electrons. The molecule has 1 fully saturated rings. The van der Waals surface area contributed by atoms with Crippen LogP contribution in [0.15, 0.2) is 24.3 Å². The number of nitrogens with zero attached hydrogens (tertiary/aromatic N) is 2. The fraction of sp³-hybridized carbons (Fsp3) is 0.500. The molecule has 1 N–H and O–H groups in total. The van der Waals surface area contributed by atoms with Gasteiger partial charge in [0, 0.05) is 50.1 Å². The van der Waals surface area contributed by atoms with Gasteiger partial charge in [-0.05, 0) is 31.3 Å². The van der Waals surface area contributed by atoms with Crippen LogP contribution >= 0.6 is 0 Å². The first kappa shape index (κ1) is 18.4. The van der Waals surface area contributed by atoms with E-state index in [1.807, 2.05) is 11.9 Å². The van der Waals surface area contributed by atoms with Gasteiger partial charge in [-0.25, -0.2) is 8.42 Å². The van der Waals surface area contributed by atoms with Crippen molar-refractivity contribution in [1.82, 2.24) is 9.80 Å². The Morgan fingerprint density at radius 3 is 2.21 bits per heavy atom. The fourth-order valence-electron chi connectivity index (χ4n) is 2.39. The van der Waals surface area contributed by atoms with Crippen LogP contribution in [0.2, 0.25) is 0 Å². The number of anilines is 1. The molecule has 0 aliphatic carbocycles. The van der Waals surface area contributed by atoms with Crippen molar-refractivity contribution in [2.75, 3.05) is 50.6 Å². The molecule has 1 heterocycles. The molecule has 0 saturated carbocycles. The maximum Gasteiger partial charge on any atom is 0.253 e. The number of piperazine rings is 1. The maximum absolute atomic E-state index is 12.4. The number of benzene rings is 1. The van der Waals surface area contributed by atoms with E-state index < -0.39 is 9.84 Å². The third-order valence-electron chi connectivity index (χ3n) is 3.91. The first-order valence-electron chi connectivity index (χ1n) is 7.80. The molecule has 132 valence electrons. The summed E-state index contributed by atoms with van der Waals surface area (Å²) < 4.78 is 22.1. The zero-order chi connectivity index (χ0) is 17.7. The minimum absolute atomic E-state index is 0.0157. The van der Waals surface area contributed by atoms with Gasteiger partial charge in [0.2, 0.25) is 5.91 Å². The number of carbonyl (C=O) groups excluding carboxylic acids is 2. The van der Waals surface area contributed by atoms with Gasteiger partial charge < -0.3 is 15.1 Å². The van der Waals surface area contributed by atoms with Crippen molar-refractivity contribution in [3.8, 4) is 0 Å². The Hall–Kier alpha value is -1.93. The fourth-order valence-corrected chi connectivity index (χ4v) is 2.95. The topological polar surface area (TPSA) is 86.8 Å². The molecule has 0 bridgehead atoms. The predicted octanol–water partition coefficient (Wildman–Crippen LogP) is 0.447. The van der Waals surface area contributed by atoms with Gasteiger partial charge in [-0.15, -0.1) is 0 Å². The number of hydrogen-bond acceptors (Lipinski definition) is 5. The molecule has 0 spiro atoms. The SMILES string of the molecule is CN1CCN(C(=O)c2ccc(NC(=O)CCS(C)(=O)=O)cc2)CC1. The van der Waals surface area contributed by atoms with Crippen LogP contribution in [-0.4, -0.2) is 75.3 Å². The van der Waals surface area contributed by atoms with Crippen LogP contribution in [-0.2, 0) is 14.6 Å². The van der Waals surface area contributed by atoms with Crippen molar-refractivity contribution in [1.29, 1.82) is 0 Å². The number of amides is 2. The average molecular weight is 353 g/mol. The zero-order valence-corrected chi connectivity index (χ0v) is 14.8. The Balaban J connectivity index is 1.90. The summed E-state index contributed by atoms with van der Waals surface area (Å²) in [4.78, 5) is 28.1. The summed E-state index contributed by atoms with van der Waals surface area (Å²) in [5.74, 6) is -0.560. The van der Waals surface area contributed by atoms with Crippen LogP contribution in [0.4, 0.5) is 5.69 Å². The smallest absolute Gasteiger partial charge is 0.253 e. The molecule has 1 aliphatic rings. The van der Waals surface area contributed by atoms with E-state index in [-0.39, 0.29) is 24.0 Å². The summed E-state index contributed by atoms with van der Waals surface area (Å²) >= 11 is 0. The van der Waals surface area contributed by atoms with Gasteiger partial charge in [0.25, 0.3) is 5.91 Å². The van der Waals surface area contributed by atoms with Gasteiger partial charge in [-0.3, -0.25) is 9.59 Å². The normalized spacial score (nSPS) is 16.0. The highest BCUT2D eigenvalue weighted by atomic mass is 32.2. The minimum Gasteiger partial charge on any atom is -0.336 e. The van der Waals surface area contributed by atoms with E-state index in [1.54, 1.807) is 24.3 Å². The number of likely N-dealkylation sites (N-methyl/N-ethyl adjacent to an activating group) is 1. The second kappa shape index (κ2) is 7.76. The second-order valence-corrected chi connectivity index (χ2v) is 8.36. The second-order valence-electron chi connectivity index (χ2n) is 6.10. The Bertz CT molecular complexity index is 693. The molecular formula is C16H23N3O4S. The molecule has 0 atom stereocenters. The first-order chi connectivity index (χ1) is 11.2. The van der Waals surface area contributed by atoms with Crippen LogP contribution < -0.4 is 5.32 Å². The largest absolute Gasteiger partial charge is 0.336 e. The van der Waals surface area contributed by atoms with Gasteiger partial charge in [-0.2, -0.15) is 0 Å². The summed E-state index contributed by atoms with van der Waals surface area (Å²) in [6, 6.07) is 6.66. The van der Waals surface area contributed by atoms with E-state index in [2.05, 4.69) is 10.2 Å². The van der Waals surface area contributed by atoms with Gasteiger partial charge in [-0.1, -0.05) is 0 Å². The Kier molecular flexibility index (Phi) is 5.95. The molecule has 1 aromatic carbocycles. The highest BCUT2D eigenvalue weighted by molar-refractivity contribution is 7.90. The van der Waals surface area contributed by atoms with E-state index in [0.717, 1.165) is 19.3 Å². The van der Waals surface area contributed by atoms with Crippen molar-refractivity contribution >= 4 is 27.3 Å². The van der Waals surface area contributed by atoms with E-state index in [0.29, 0.717) is 24.3 Å². The predicted molar refractivity (Wildman–Crippen MR) is 92.8 cm³/mol. The first-order valence-corrected chi connectivity index (χ1v) is 9.86. The van der Waals surface area contributed by atoms with Gasteiger partial charge in [0.15, 0.2) is 0 Å². The van der Waals surface area contributed by atoms with Crippen molar-refractivity contribution in [3.05, 3.63) is 29.8 Å². The highest BCUT2D eigenvalue weighted by Gasteiger charge is 2.20. The van der Waals surface area contributed by atoms with Crippen molar-refractivity contribution < 1.29 is 18.0 Å². The minimum atomic E-state index is -3.16. The number of nitrogens with one attached hydrogen (secondary N) is 1. The summed E-state index contributed by atoms with van der Waals surface area (Å²) in [6.45, 7) is 3.14. The van der Waals surface area contributed by atoms with Gasteiger partial charge >= 0.3 is 0 Å². The molecule has 1 aromatic rings. The lowest BCUT2D eigenvalue weighted by Crippen LogP contribution is -2.47. The third-order valence-corrected chi connectivity index (χ3v) is 4.85. The van der Waals surface area contributed by atoms with Crippen molar-refractivity contribution in [2.24, 2.45) is 0 Å². The van der Waals surface area contributed by atoms with Crippen LogP contribution in [0.3, 0.4) is 0 Å². The molecule has 2 rings (SSSR count). The van der Waals surface area contributed by atoms with E-state index >= 15 is 0 Å². The number of rotatable bonds is 5. The van der Waals surface area contributed by atoms with Crippen molar-refractivity contribution in [2.45, 2.75) is 6.42 Å². The number of hydrogen-bond donors (Lipinski definition) is 1. The van der Waals surface area contributed by atoms with E-state index in [9.17, 15) is 18.0 Å². The van der Waals surface area contributed by atoms with Crippen LogP contribution in [0, 0.1) is 0 Å². The van der Waals surface area contributed by atoms with Gasteiger partial charge in [0.1, 0.15) is 9.84 Å². The summed E-state index contributed by atoms with van der Waals surface area (Å²) in [6.07, 6.45) is 1.01. The zero-order valence-electron chi connectivity index (χ0n) is 14.0. The summed E-state index contributed by atoms with van der Waals surface area (Å²) in [5.41, 5.74) is 1.12. The lowest BCUT2D eigenvalue weighted by Gasteiger charge is -2.32. The quantitative estimate of drug-likeness (QED) is 0.830. The molecule has 2 amide bonds. The van der Waals surface area contributed by atoms with E-state index in [1.165, 1.54) is 0 Å². The Labute approximate surface area is 142 Å². The van der Waals surface area contributed by atoms with Gasteiger partial charge in [0.05, 0.1) is 5.75 Å². The number of carbonyl (C=O) groups is 2. The Morgan fingerprint density at radius 1 is 1.08 bits per heavy atom. The molecular weight excluding hydrogens is 330 g/mol. The lowest BCUT2D eigenvalue weighted by atomic mass is 10.1. The van der Waals surface area contributed by atoms with E-state index in [4.69, 9.17) is 0 Å². The molecule has 0 aromatic heterocycles. The van der Waals surface area contributed by atoms with Crippen LogP contribution in [0.5, 0.6) is 0 Å². The van der Waals surface area contributed by atoms with Crippen LogP contribution in [0.1, 0.15) is 16.8 Å². The molecule has 7 nitrogen and oxygen atoms in total. The highest BCUT2D eigenvalue weighted by Crippen LogP contribution is 2.13. The molecule has 8 heteroatoms. The summed E-state index contributed by atoms with van der Waals surface area (Å²) in [5, 5.41) is 2.63. The average Bonchev–Trinajstić information content (AvgIpc) is 2.53. The molecule has 24 heavy (non-hydrogen) atoms. The van der Waals surface area contributed by atoms with Crippen molar-refractivity contribution in [3.63, 3.8) is 0 Å².